The van der Waals surface area contributed by atoms with Crippen LogP contribution in [-0.2, 0) is 11.2 Å². The van der Waals surface area contributed by atoms with Crippen molar-refractivity contribution in [3.63, 3.8) is 0 Å². The van der Waals surface area contributed by atoms with E-state index in [2.05, 4.69) is 15.6 Å². The zero-order chi connectivity index (χ0) is 14.1. The van der Waals surface area contributed by atoms with Gasteiger partial charge in [-0.3, -0.25) is 4.79 Å². The number of carboxylic acid groups (broad SMARTS) is 1. The lowest BCUT2D eigenvalue weighted by Gasteiger charge is -2.05. The lowest BCUT2D eigenvalue weighted by atomic mass is 10.2. The highest BCUT2D eigenvalue weighted by Crippen LogP contribution is 2.11. The molecule has 0 aliphatic carbocycles. The van der Waals surface area contributed by atoms with Crippen molar-refractivity contribution >= 4 is 23.3 Å². The van der Waals surface area contributed by atoms with Crippen LogP contribution in [0.2, 0.25) is 0 Å². The summed E-state index contributed by atoms with van der Waals surface area (Å²) in [5.74, 6) is -0.918. The van der Waals surface area contributed by atoms with Gasteiger partial charge < -0.3 is 15.7 Å². The Morgan fingerprint density at radius 3 is 2.68 bits per heavy atom. The van der Waals surface area contributed by atoms with Gasteiger partial charge in [0, 0.05) is 24.2 Å². The maximum absolute atomic E-state index is 11.2. The zero-order valence-corrected chi connectivity index (χ0v) is 11.8. The van der Waals surface area contributed by atoms with E-state index in [0.717, 1.165) is 30.0 Å². The summed E-state index contributed by atoms with van der Waals surface area (Å²) in [5.41, 5.74) is 1.05. The van der Waals surface area contributed by atoms with Gasteiger partial charge in [0.2, 0.25) is 0 Å². The molecule has 0 aliphatic heterocycles. The fourth-order valence-corrected chi connectivity index (χ4v) is 2.28. The molecule has 3 N–H and O–H groups in total. The van der Waals surface area contributed by atoms with Crippen LogP contribution < -0.4 is 10.6 Å². The van der Waals surface area contributed by atoms with Gasteiger partial charge >= 0.3 is 12.0 Å². The van der Waals surface area contributed by atoms with E-state index in [1.54, 1.807) is 11.3 Å². The third-order valence-corrected chi connectivity index (χ3v) is 3.42. The van der Waals surface area contributed by atoms with Crippen LogP contribution in [0, 0.1) is 6.92 Å². The van der Waals surface area contributed by atoms with E-state index in [1.807, 2.05) is 12.3 Å². The molecular weight excluding hydrogens is 266 g/mol. The molecule has 0 bridgehead atoms. The SMILES string of the molecule is Cc1csc(CCCCNC(=O)NCCC(=O)O)n1. The van der Waals surface area contributed by atoms with Gasteiger partial charge in [-0.15, -0.1) is 11.3 Å². The quantitative estimate of drug-likeness (QED) is 0.632. The van der Waals surface area contributed by atoms with Crippen LogP contribution in [0.4, 0.5) is 4.79 Å². The molecule has 1 heterocycles. The highest BCUT2D eigenvalue weighted by atomic mass is 32.1. The molecule has 0 atom stereocenters. The largest absolute Gasteiger partial charge is 0.481 e. The van der Waals surface area contributed by atoms with Crippen molar-refractivity contribution in [1.29, 1.82) is 0 Å². The summed E-state index contributed by atoms with van der Waals surface area (Å²) in [4.78, 5) is 25.8. The van der Waals surface area contributed by atoms with E-state index in [4.69, 9.17) is 5.11 Å². The second-order valence-corrected chi connectivity index (χ2v) is 5.11. The second-order valence-electron chi connectivity index (χ2n) is 4.17. The number of thiazole rings is 1. The molecule has 0 radical (unpaired) electrons. The number of nitrogens with one attached hydrogen (secondary N) is 2. The molecule has 7 heteroatoms. The van der Waals surface area contributed by atoms with Crippen molar-refractivity contribution in [3.8, 4) is 0 Å². The molecule has 2 amide bonds. The molecule has 0 aliphatic rings. The Kier molecular flexibility index (Phi) is 6.88. The van der Waals surface area contributed by atoms with E-state index in [0.29, 0.717) is 6.54 Å². The molecule has 0 saturated heterocycles. The van der Waals surface area contributed by atoms with Crippen LogP contribution in [0.5, 0.6) is 0 Å². The molecule has 0 fully saturated rings. The maximum atomic E-state index is 11.2. The average Bonchev–Trinajstić information content (AvgIpc) is 2.74. The van der Waals surface area contributed by atoms with Crippen LogP contribution >= 0.6 is 11.3 Å². The second kappa shape index (κ2) is 8.47. The lowest BCUT2D eigenvalue weighted by Crippen LogP contribution is -2.37. The lowest BCUT2D eigenvalue weighted by molar-refractivity contribution is -0.136. The highest BCUT2D eigenvalue weighted by molar-refractivity contribution is 7.09. The van der Waals surface area contributed by atoms with Gasteiger partial charge in [0.1, 0.15) is 0 Å². The van der Waals surface area contributed by atoms with Crippen LogP contribution in [0.15, 0.2) is 5.38 Å². The van der Waals surface area contributed by atoms with E-state index in [9.17, 15) is 9.59 Å². The van der Waals surface area contributed by atoms with Crippen molar-refractivity contribution < 1.29 is 14.7 Å². The van der Waals surface area contributed by atoms with E-state index in [1.165, 1.54) is 0 Å². The Balaban J connectivity index is 1.98. The van der Waals surface area contributed by atoms with Gasteiger partial charge in [0.15, 0.2) is 0 Å². The third-order valence-electron chi connectivity index (χ3n) is 2.39. The van der Waals surface area contributed by atoms with Crippen molar-refractivity contribution in [2.24, 2.45) is 0 Å². The number of urea groups is 1. The van der Waals surface area contributed by atoms with Crippen molar-refractivity contribution in [1.82, 2.24) is 15.6 Å². The number of aliphatic carboxylic acids is 1. The summed E-state index contributed by atoms with van der Waals surface area (Å²) in [5, 5.41) is 16.7. The number of carbonyl (C=O) groups is 2. The third kappa shape index (κ3) is 7.40. The van der Waals surface area contributed by atoms with Gasteiger partial charge in [-0.05, 0) is 26.2 Å². The van der Waals surface area contributed by atoms with Crippen LogP contribution in [0.25, 0.3) is 0 Å². The number of rotatable bonds is 8. The van der Waals surface area contributed by atoms with Gasteiger partial charge in [0.25, 0.3) is 0 Å². The van der Waals surface area contributed by atoms with E-state index >= 15 is 0 Å². The van der Waals surface area contributed by atoms with Crippen LogP contribution in [0.3, 0.4) is 0 Å². The predicted molar refractivity (Wildman–Crippen MR) is 73.4 cm³/mol. The normalized spacial score (nSPS) is 10.2. The molecule has 0 aromatic carbocycles. The van der Waals surface area contributed by atoms with Crippen molar-refractivity contribution in [3.05, 3.63) is 16.1 Å². The number of carboxylic acids is 1. The summed E-state index contributed by atoms with van der Waals surface area (Å²) in [6.45, 7) is 2.71. The predicted octanol–water partition coefficient (Wildman–Crippen LogP) is 1.55. The molecule has 19 heavy (non-hydrogen) atoms. The molecule has 106 valence electrons. The Labute approximate surface area is 116 Å². The summed E-state index contributed by atoms with van der Waals surface area (Å²) in [6, 6.07) is -0.314. The maximum Gasteiger partial charge on any atom is 0.314 e. The van der Waals surface area contributed by atoms with Crippen LogP contribution in [-0.4, -0.2) is 35.2 Å². The summed E-state index contributed by atoms with van der Waals surface area (Å²) in [6.07, 6.45) is 2.73. The van der Waals surface area contributed by atoms with Gasteiger partial charge in [-0.2, -0.15) is 0 Å². The number of amides is 2. The fraction of sp³-hybridized carbons (Fsp3) is 0.583. The Bertz CT molecular complexity index is 420. The first-order chi connectivity index (χ1) is 9.08. The molecule has 0 spiro atoms. The number of hydrogen-bond donors (Lipinski definition) is 3. The Hall–Kier alpha value is -1.63. The number of hydrogen-bond acceptors (Lipinski definition) is 4. The number of nitrogens with zero attached hydrogens (tertiary/aromatic N) is 1. The smallest absolute Gasteiger partial charge is 0.314 e. The first-order valence-corrected chi connectivity index (χ1v) is 7.10. The number of unbranched alkanes of at least 4 members (excludes halogenated alkanes) is 1. The Morgan fingerprint density at radius 2 is 2.05 bits per heavy atom. The van der Waals surface area contributed by atoms with Gasteiger partial charge in [-0.25, -0.2) is 9.78 Å². The summed E-state index contributed by atoms with van der Waals surface area (Å²) >= 11 is 1.66. The van der Waals surface area contributed by atoms with E-state index < -0.39 is 5.97 Å². The molecule has 1 aromatic rings. The first-order valence-electron chi connectivity index (χ1n) is 6.22. The highest BCUT2D eigenvalue weighted by Gasteiger charge is 2.02. The van der Waals surface area contributed by atoms with Gasteiger partial charge in [-0.1, -0.05) is 0 Å². The molecule has 6 nitrogen and oxygen atoms in total. The molecule has 0 saturated carbocycles. The monoisotopic (exact) mass is 285 g/mol. The number of aryl methyl sites for hydroxylation is 2. The zero-order valence-electron chi connectivity index (χ0n) is 10.9. The minimum atomic E-state index is -0.918. The first kappa shape index (κ1) is 15.4. The molecule has 1 aromatic heterocycles. The van der Waals surface area contributed by atoms with Gasteiger partial charge in [0.05, 0.1) is 11.4 Å². The fourth-order valence-electron chi connectivity index (χ4n) is 1.47. The molecular formula is C12H19N3O3S. The standard InChI is InChI=1S/C12H19N3O3S/c1-9-8-19-10(15-9)4-2-3-6-13-12(18)14-7-5-11(16)17/h8H,2-7H2,1H3,(H,16,17)(H2,13,14,18). The summed E-state index contributed by atoms with van der Waals surface area (Å²) in [7, 11) is 0. The molecule has 1 rings (SSSR count). The topological polar surface area (TPSA) is 91.3 Å². The van der Waals surface area contributed by atoms with Crippen molar-refractivity contribution in [2.45, 2.75) is 32.6 Å². The summed E-state index contributed by atoms with van der Waals surface area (Å²) < 4.78 is 0. The van der Waals surface area contributed by atoms with Crippen molar-refractivity contribution in [2.75, 3.05) is 13.1 Å². The number of aromatic nitrogens is 1. The van der Waals surface area contributed by atoms with E-state index in [-0.39, 0.29) is 19.0 Å². The average molecular weight is 285 g/mol. The minimum absolute atomic E-state index is 0.0587. The van der Waals surface area contributed by atoms with Crippen LogP contribution in [0.1, 0.15) is 30.0 Å². The minimum Gasteiger partial charge on any atom is -0.481 e. The number of carbonyl (C=O) groups excluding carboxylic acids is 1. The molecule has 0 unspecified atom stereocenters. The Morgan fingerprint density at radius 1 is 1.32 bits per heavy atom.